The number of anilines is 2. The quantitative estimate of drug-likeness (QED) is 0.528. The van der Waals surface area contributed by atoms with Gasteiger partial charge in [0.25, 0.3) is 5.91 Å². The monoisotopic (exact) mass is 445 g/mol. The first-order valence-electron chi connectivity index (χ1n) is 11.0. The highest BCUT2D eigenvalue weighted by Crippen LogP contribution is 2.20. The molecule has 11 heteroatoms. The largest absolute Gasteiger partial charge is 0.378 e. The molecule has 174 valence electrons. The van der Waals surface area contributed by atoms with E-state index in [-0.39, 0.29) is 24.1 Å². The third kappa shape index (κ3) is 6.51. The van der Waals surface area contributed by atoms with Crippen molar-refractivity contribution in [2.45, 2.75) is 26.3 Å². The maximum absolute atomic E-state index is 13.2. The molecule has 2 saturated heterocycles. The lowest BCUT2D eigenvalue weighted by Crippen LogP contribution is -2.48. The Kier molecular flexibility index (Phi) is 8.58. The molecule has 0 spiro atoms. The van der Waals surface area contributed by atoms with Gasteiger partial charge in [-0.15, -0.1) is 0 Å². The second-order valence-corrected chi connectivity index (χ2v) is 8.14. The number of hydrogen-bond donors (Lipinski definition) is 2. The topological polar surface area (TPSA) is 133 Å². The van der Waals surface area contributed by atoms with E-state index in [1.54, 1.807) is 6.07 Å². The van der Waals surface area contributed by atoms with E-state index in [9.17, 15) is 9.59 Å². The van der Waals surface area contributed by atoms with Gasteiger partial charge >= 0.3 is 0 Å². The van der Waals surface area contributed by atoms with Crippen LogP contribution < -0.4 is 20.4 Å². The Bertz CT molecular complexity index is 794. The predicted octanol–water partition coefficient (Wildman–Crippen LogP) is -0.0659. The highest BCUT2D eigenvalue weighted by atomic mass is 16.5. The molecule has 1 aromatic rings. The summed E-state index contributed by atoms with van der Waals surface area (Å²) in [6.07, 6.45) is 0.445. The first-order valence-corrected chi connectivity index (χ1v) is 11.0. The van der Waals surface area contributed by atoms with Crippen LogP contribution in [0.3, 0.4) is 0 Å². The summed E-state index contributed by atoms with van der Waals surface area (Å²) in [4.78, 5) is 38.9. The van der Waals surface area contributed by atoms with E-state index in [0.29, 0.717) is 70.8 Å². The van der Waals surface area contributed by atoms with Gasteiger partial charge in [-0.2, -0.15) is 10.2 Å². The third-order valence-corrected chi connectivity index (χ3v) is 5.23. The summed E-state index contributed by atoms with van der Waals surface area (Å²) in [5.41, 5.74) is 0.199. The number of nitrogens with zero attached hydrogens (tertiary/aromatic N) is 5. The Morgan fingerprint density at radius 1 is 1.09 bits per heavy atom. The Balaban J connectivity index is 1.85. The molecule has 0 aromatic carbocycles. The van der Waals surface area contributed by atoms with Gasteiger partial charge in [-0.3, -0.25) is 9.59 Å². The molecular weight excluding hydrogens is 414 g/mol. The fraction of sp³-hybridized carbons (Fsp3) is 0.667. The molecule has 1 aromatic heterocycles. The number of rotatable bonds is 8. The number of hydrogen-bond acceptors (Lipinski definition) is 9. The van der Waals surface area contributed by atoms with E-state index >= 15 is 0 Å². The average molecular weight is 446 g/mol. The Morgan fingerprint density at radius 2 is 1.72 bits per heavy atom. The summed E-state index contributed by atoms with van der Waals surface area (Å²) in [5, 5.41) is 14.1. The van der Waals surface area contributed by atoms with Gasteiger partial charge in [-0.05, 0) is 12.3 Å². The molecule has 2 amide bonds. The number of ether oxygens (including phenoxy) is 2. The molecule has 0 aliphatic carbocycles. The van der Waals surface area contributed by atoms with E-state index in [1.807, 2.05) is 24.8 Å². The summed E-state index contributed by atoms with van der Waals surface area (Å²) in [6, 6.07) is 2.78. The standard InChI is InChI=1S/C21H31N7O4/c1-15(2)13-16(19(29)23-4-3-22)24-20(30)17-14-18(27-5-9-31-10-6-27)26-21(25-17)28-7-11-32-12-8-28/h14-16H,4-13H2,1-2H3,(H,23,29)(H,24,30)/t16-/m0/s1. The number of carbonyl (C=O) groups excluding carboxylic acids is 2. The van der Waals surface area contributed by atoms with Gasteiger partial charge in [-0.25, -0.2) is 4.98 Å². The minimum Gasteiger partial charge on any atom is -0.378 e. The van der Waals surface area contributed by atoms with Gasteiger partial charge in [0.05, 0.1) is 32.5 Å². The number of carbonyl (C=O) groups is 2. The molecule has 0 radical (unpaired) electrons. The number of nitrogens with one attached hydrogen (secondary N) is 2. The zero-order chi connectivity index (χ0) is 22.9. The van der Waals surface area contributed by atoms with Crippen LogP contribution in [0.5, 0.6) is 0 Å². The highest BCUT2D eigenvalue weighted by Gasteiger charge is 2.26. The van der Waals surface area contributed by atoms with Crippen LogP contribution in [0.25, 0.3) is 0 Å². The van der Waals surface area contributed by atoms with Crippen LogP contribution in [-0.2, 0) is 14.3 Å². The molecular formula is C21H31N7O4. The lowest BCUT2D eigenvalue weighted by molar-refractivity contribution is -0.123. The fourth-order valence-electron chi connectivity index (χ4n) is 3.58. The first-order chi connectivity index (χ1) is 15.5. The Morgan fingerprint density at radius 3 is 2.31 bits per heavy atom. The summed E-state index contributed by atoms with van der Waals surface area (Å²) >= 11 is 0. The molecule has 3 rings (SSSR count). The zero-order valence-electron chi connectivity index (χ0n) is 18.7. The van der Waals surface area contributed by atoms with Crippen LogP contribution in [0.15, 0.2) is 6.07 Å². The zero-order valence-corrected chi connectivity index (χ0v) is 18.7. The maximum Gasteiger partial charge on any atom is 0.270 e. The van der Waals surface area contributed by atoms with E-state index in [4.69, 9.17) is 19.7 Å². The highest BCUT2D eigenvalue weighted by molar-refractivity contribution is 5.97. The van der Waals surface area contributed by atoms with E-state index in [2.05, 4.69) is 20.5 Å². The van der Waals surface area contributed by atoms with Gasteiger partial charge < -0.3 is 29.9 Å². The minimum absolute atomic E-state index is 0.112. The summed E-state index contributed by atoms with van der Waals surface area (Å²) in [7, 11) is 0. The van der Waals surface area contributed by atoms with Gasteiger partial charge in [0, 0.05) is 32.2 Å². The van der Waals surface area contributed by atoms with Gasteiger partial charge in [0.1, 0.15) is 24.1 Å². The molecule has 1 atom stereocenters. The second-order valence-electron chi connectivity index (χ2n) is 8.14. The molecule has 0 saturated carbocycles. The molecule has 11 nitrogen and oxygen atoms in total. The van der Waals surface area contributed by atoms with Crippen molar-refractivity contribution < 1.29 is 19.1 Å². The molecule has 0 bridgehead atoms. The SMILES string of the molecule is CC(C)C[C@H](NC(=O)c1cc(N2CCOCC2)nc(N2CCOCC2)n1)C(=O)NCC#N. The van der Waals surface area contributed by atoms with Crippen molar-refractivity contribution in [3.05, 3.63) is 11.8 Å². The number of amides is 2. The summed E-state index contributed by atoms with van der Waals surface area (Å²) in [6.45, 7) is 8.77. The number of nitriles is 1. The van der Waals surface area contributed by atoms with Crippen molar-refractivity contribution in [2.24, 2.45) is 5.92 Å². The molecule has 2 aliphatic rings. The normalized spacial score (nSPS) is 17.6. The minimum atomic E-state index is -0.760. The van der Waals surface area contributed by atoms with Crippen molar-refractivity contribution >= 4 is 23.6 Å². The number of morpholine rings is 2. The van der Waals surface area contributed by atoms with Crippen LogP contribution >= 0.6 is 0 Å². The molecule has 2 N–H and O–H groups in total. The maximum atomic E-state index is 13.2. The second kappa shape index (κ2) is 11.6. The van der Waals surface area contributed by atoms with Crippen LogP contribution in [0.2, 0.25) is 0 Å². The van der Waals surface area contributed by atoms with Crippen molar-refractivity contribution in [3.63, 3.8) is 0 Å². The van der Waals surface area contributed by atoms with Crippen molar-refractivity contribution in [2.75, 3.05) is 69.0 Å². The molecule has 2 fully saturated rings. The lowest BCUT2D eigenvalue weighted by atomic mass is 10.0. The number of aromatic nitrogens is 2. The van der Waals surface area contributed by atoms with Crippen molar-refractivity contribution in [1.82, 2.24) is 20.6 Å². The molecule has 3 heterocycles. The predicted molar refractivity (Wildman–Crippen MR) is 117 cm³/mol. The molecule has 2 aliphatic heterocycles. The van der Waals surface area contributed by atoms with Crippen LogP contribution in [0, 0.1) is 17.2 Å². The van der Waals surface area contributed by atoms with Gasteiger partial charge in [0.15, 0.2) is 0 Å². The van der Waals surface area contributed by atoms with E-state index in [1.165, 1.54) is 0 Å². The Labute approximate surface area is 188 Å². The summed E-state index contributed by atoms with van der Waals surface area (Å²) < 4.78 is 10.9. The van der Waals surface area contributed by atoms with Crippen molar-refractivity contribution in [3.8, 4) is 6.07 Å². The summed E-state index contributed by atoms with van der Waals surface area (Å²) in [5.74, 6) is 0.464. The van der Waals surface area contributed by atoms with Gasteiger partial charge in [0.2, 0.25) is 11.9 Å². The first kappa shape index (κ1) is 23.7. The van der Waals surface area contributed by atoms with Crippen LogP contribution in [-0.4, -0.2) is 87.0 Å². The van der Waals surface area contributed by atoms with Crippen LogP contribution in [0.4, 0.5) is 11.8 Å². The third-order valence-electron chi connectivity index (χ3n) is 5.23. The van der Waals surface area contributed by atoms with Gasteiger partial charge in [-0.1, -0.05) is 13.8 Å². The average Bonchev–Trinajstić information content (AvgIpc) is 2.82. The van der Waals surface area contributed by atoms with E-state index < -0.39 is 11.9 Å². The lowest BCUT2D eigenvalue weighted by Gasteiger charge is -2.31. The van der Waals surface area contributed by atoms with Crippen molar-refractivity contribution in [1.29, 1.82) is 5.26 Å². The fourth-order valence-corrected chi connectivity index (χ4v) is 3.58. The van der Waals surface area contributed by atoms with Crippen LogP contribution in [0.1, 0.15) is 30.8 Å². The molecule has 32 heavy (non-hydrogen) atoms. The smallest absolute Gasteiger partial charge is 0.270 e. The Hall–Kier alpha value is -2.97. The molecule has 0 unspecified atom stereocenters. The van der Waals surface area contributed by atoms with E-state index in [0.717, 1.165) is 0 Å².